The van der Waals surface area contributed by atoms with Gasteiger partial charge in [-0.3, -0.25) is 4.79 Å². The third-order valence-corrected chi connectivity index (χ3v) is 3.78. The Morgan fingerprint density at radius 2 is 2.35 bits per heavy atom. The number of nitrogens with one attached hydrogen (secondary N) is 1. The first-order valence-corrected chi connectivity index (χ1v) is 6.68. The van der Waals surface area contributed by atoms with E-state index in [1.54, 1.807) is 11.8 Å². The van der Waals surface area contributed by atoms with Crippen LogP contribution in [0, 0.1) is 0 Å². The molecule has 1 aromatic rings. The first-order chi connectivity index (χ1) is 8.22. The van der Waals surface area contributed by atoms with Gasteiger partial charge in [-0.1, -0.05) is 0 Å². The largest absolute Gasteiger partial charge is 0.399 e. The van der Waals surface area contributed by atoms with Crippen molar-refractivity contribution in [2.24, 2.45) is 0 Å². The summed E-state index contributed by atoms with van der Waals surface area (Å²) in [6, 6.07) is 5.76. The van der Waals surface area contributed by atoms with E-state index in [4.69, 9.17) is 5.73 Å². The molecule has 1 aromatic carbocycles. The lowest BCUT2D eigenvalue weighted by molar-refractivity contribution is -0.116. The van der Waals surface area contributed by atoms with Crippen LogP contribution < -0.4 is 16.0 Å². The fourth-order valence-electron chi connectivity index (χ4n) is 1.88. The van der Waals surface area contributed by atoms with E-state index >= 15 is 0 Å². The summed E-state index contributed by atoms with van der Waals surface area (Å²) in [7, 11) is 1.92. The van der Waals surface area contributed by atoms with Gasteiger partial charge < -0.3 is 16.0 Å². The predicted molar refractivity (Wildman–Crippen MR) is 72.5 cm³/mol. The number of nitrogens with two attached hydrogens (primary N) is 1. The number of carbonyl (C=O) groups is 1. The molecule has 0 unspecified atom stereocenters. The van der Waals surface area contributed by atoms with Crippen molar-refractivity contribution in [1.29, 1.82) is 0 Å². The molecule has 1 aliphatic heterocycles. The Morgan fingerprint density at radius 1 is 1.53 bits per heavy atom. The first-order valence-electron chi connectivity index (χ1n) is 5.69. The van der Waals surface area contributed by atoms with E-state index in [2.05, 4.69) is 5.32 Å². The highest BCUT2D eigenvalue weighted by molar-refractivity contribution is 8.00. The maximum Gasteiger partial charge on any atom is 0.237 e. The highest BCUT2D eigenvalue weighted by atomic mass is 32.2. The Labute approximate surface area is 106 Å². The summed E-state index contributed by atoms with van der Waals surface area (Å²) >= 11 is 1.59. The summed E-state index contributed by atoms with van der Waals surface area (Å²) in [6.07, 6.45) is 0.946. The van der Waals surface area contributed by atoms with Gasteiger partial charge in [-0.25, -0.2) is 0 Å². The molecule has 17 heavy (non-hydrogen) atoms. The summed E-state index contributed by atoms with van der Waals surface area (Å²) in [5.74, 6) is 0.695. The van der Waals surface area contributed by atoms with Crippen LogP contribution in [-0.4, -0.2) is 31.8 Å². The van der Waals surface area contributed by atoms with Gasteiger partial charge >= 0.3 is 0 Å². The third-order valence-electron chi connectivity index (χ3n) is 2.73. The van der Waals surface area contributed by atoms with E-state index in [-0.39, 0.29) is 5.91 Å². The van der Waals surface area contributed by atoms with Crippen molar-refractivity contribution in [1.82, 2.24) is 5.32 Å². The number of hydrogen-bond acceptors (Lipinski definition) is 4. The topological polar surface area (TPSA) is 58.4 Å². The van der Waals surface area contributed by atoms with E-state index < -0.39 is 0 Å². The van der Waals surface area contributed by atoms with Gasteiger partial charge in [0.25, 0.3) is 0 Å². The van der Waals surface area contributed by atoms with Crippen LogP contribution in [0.3, 0.4) is 0 Å². The lowest BCUT2D eigenvalue weighted by Gasteiger charge is -2.29. The second kappa shape index (κ2) is 5.42. The number of amides is 1. The Morgan fingerprint density at radius 3 is 3.12 bits per heavy atom. The van der Waals surface area contributed by atoms with Crippen molar-refractivity contribution in [2.75, 3.05) is 36.5 Å². The zero-order valence-corrected chi connectivity index (χ0v) is 10.7. The molecule has 0 aliphatic carbocycles. The Hall–Kier alpha value is -1.20. The molecule has 0 fully saturated rings. The van der Waals surface area contributed by atoms with Crippen molar-refractivity contribution >= 4 is 29.0 Å². The van der Waals surface area contributed by atoms with Crippen molar-refractivity contribution in [3.63, 3.8) is 0 Å². The molecule has 0 spiro atoms. The molecule has 0 saturated carbocycles. The van der Waals surface area contributed by atoms with Gasteiger partial charge in [-0.15, -0.1) is 11.8 Å². The average molecular weight is 251 g/mol. The third kappa shape index (κ3) is 2.73. The van der Waals surface area contributed by atoms with Gasteiger partial charge in [0, 0.05) is 17.1 Å². The van der Waals surface area contributed by atoms with Crippen LogP contribution in [0.15, 0.2) is 23.1 Å². The summed E-state index contributed by atoms with van der Waals surface area (Å²) in [5.41, 5.74) is 7.45. The van der Waals surface area contributed by atoms with E-state index in [1.807, 2.05) is 30.1 Å². The van der Waals surface area contributed by atoms with Gasteiger partial charge in [-0.05, 0) is 38.2 Å². The van der Waals surface area contributed by atoms with Crippen LogP contribution in [0.5, 0.6) is 0 Å². The molecule has 0 atom stereocenters. The van der Waals surface area contributed by atoms with E-state index in [0.717, 1.165) is 30.1 Å². The number of hydrogen-bond donors (Lipinski definition) is 2. The van der Waals surface area contributed by atoms with Crippen LogP contribution in [0.2, 0.25) is 0 Å². The lowest BCUT2D eigenvalue weighted by Crippen LogP contribution is -2.37. The minimum Gasteiger partial charge on any atom is -0.399 e. The van der Waals surface area contributed by atoms with Gasteiger partial charge in [-0.2, -0.15) is 0 Å². The van der Waals surface area contributed by atoms with Gasteiger partial charge in [0.2, 0.25) is 5.91 Å². The lowest BCUT2D eigenvalue weighted by atomic mass is 10.2. The molecule has 4 nitrogen and oxygen atoms in total. The molecule has 1 aliphatic rings. The molecular weight excluding hydrogens is 234 g/mol. The standard InChI is InChI=1S/C12H17N3OS/c1-14-5-2-6-15-10-7-9(13)3-4-11(10)17-8-12(15)16/h3-4,7,14H,2,5-6,8,13H2,1H3. The molecular formula is C12H17N3OS. The smallest absolute Gasteiger partial charge is 0.237 e. The summed E-state index contributed by atoms with van der Waals surface area (Å²) in [5, 5.41) is 3.09. The molecule has 2 rings (SSSR count). The van der Waals surface area contributed by atoms with Crippen molar-refractivity contribution < 1.29 is 4.79 Å². The van der Waals surface area contributed by atoms with Crippen LogP contribution in [0.4, 0.5) is 11.4 Å². The quantitative estimate of drug-likeness (QED) is 0.626. The summed E-state index contributed by atoms with van der Waals surface area (Å²) < 4.78 is 0. The number of carbonyl (C=O) groups excluding carboxylic acids is 1. The molecule has 5 heteroatoms. The van der Waals surface area contributed by atoms with Gasteiger partial charge in [0.05, 0.1) is 11.4 Å². The second-order valence-electron chi connectivity index (χ2n) is 4.02. The number of nitrogen functional groups attached to an aromatic ring is 1. The number of nitrogens with zero attached hydrogens (tertiary/aromatic N) is 1. The van der Waals surface area contributed by atoms with E-state index in [0.29, 0.717) is 11.4 Å². The first kappa shape index (κ1) is 12.3. The summed E-state index contributed by atoms with van der Waals surface area (Å²) in [6.45, 7) is 1.66. The molecule has 1 amide bonds. The minimum atomic E-state index is 0.171. The van der Waals surface area contributed by atoms with Crippen LogP contribution in [-0.2, 0) is 4.79 Å². The van der Waals surface area contributed by atoms with E-state index in [1.165, 1.54) is 0 Å². The van der Waals surface area contributed by atoms with Crippen LogP contribution >= 0.6 is 11.8 Å². The molecule has 92 valence electrons. The molecule has 3 N–H and O–H groups in total. The SMILES string of the molecule is CNCCCN1C(=O)CSc2ccc(N)cc21. The zero-order valence-electron chi connectivity index (χ0n) is 9.90. The van der Waals surface area contributed by atoms with E-state index in [9.17, 15) is 4.79 Å². The second-order valence-corrected chi connectivity index (χ2v) is 5.04. The fourth-order valence-corrected chi connectivity index (χ4v) is 2.79. The summed E-state index contributed by atoms with van der Waals surface area (Å²) in [4.78, 5) is 14.9. The maximum atomic E-state index is 11.9. The van der Waals surface area contributed by atoms with Crippen LogP contribution in [0.25, 0.3) is 0 Å². The van der Waals surface area contributed by atoms with Crippen molar-refractivity contribution in [3.05, 3.63) is 18.2 Å². The molecule has 0 saturated heterocycles. The highest BCUT2D eigenvalue weighted by Crippen LogP contribution is 2.36. The van der Waals surface area contributed by atoms with Crippen molar-refractivity contribution in [3.8, 4) is 0 Å². The number of thioether (sulfide) groups is 1. The number of rotatable bonds is 4. The molecule has 0 bridgehead atoms. The number of benzene rings is 1. The highest BCUT2D eigenvalue weighted by Gasteiger charge is 2.24. The Kier molecular flexibility index (Phi) is 3.91. The fraction of sp³-hybridized carbons (Fsp3) is 0.417. The van der Waals surface area contributed by atoms with Crippen molar-refractivity contribution in [2.45, 2.75) is 11.3 Å². The normalized spacial score (nSPS) is 14.9. The Bertz CT molecular complexity index is 422. The number of fused-ring (bicyclic) bond motifs is 1. The minimum absolute atomic E-state index is 0.171. The average Bonchev–Trinajstić information content (AvgIpc) is 2.32. The van der Waals surface area contributed by atoms with Gasteiger partial charge in [0.15, 0.2) is 0 Å². The zero-order chi connectivity index (χ0) is 12.3. The van der Waals surface area contributed by atoms with Gasteiger partial charge in [0.1, 0.15) is 0 Å². The van der Waals surface area contributed by atoms with Crippen LogP contribution in [0.1, 0.15) is 6.42 Å². The monoisotopic (exact) mass is 251 g/mol. The predicted octanol–water partition coefficient (Wildman–Crippen LogP) is 1.32. The maximum absolute atomic E-state index is 11.9. The molecule has 0 aromatic heterocycles. The molecule has 0 radical (unpaired) electrons. The Balaban J connectivity index is 2.20. The number of anilines is 2. The molecule has 1 heterocycles.